The molecule has 118 valence electrons. The second kappa shape index (κ2) is 7.81. The molecule has 1 aromatic carbocycles. The van der Waals surface area contributed by atoms with Crippen molar-refractivity contribution >= 4 is 5.69 Å². The summed E-state index contributed by atoms with van der Waals surface area (Å²) in [6, 6.07) is 10.4. The number of nitrogens with zero attached hydrogens (tertiary/aromatic N) is 2. The summed E-state index contributed by atoms with van der Waals surface area (Å²) in [6.45, 7) is 7.89. The number of likely N-dealkylation sites (N-methyl/N-ethyl adjacent to an activating group) is 1. The zero-order chi connectivity index (χ0) is 15.2. The van der Waals surface area contributed by atoms with E-state index >= 15 is 0 Å². The maximum atomic E-state index is 3.63. The van der Waals surface area contributed by atoms with Crippen LogP contribution in [0.1, 0.15) is 44.7 Å². The molecule has 2 unspecified atom stereocenters. The average molecular weight is 289 g/mol. The topological polar surface area (TPSA) is 18.5 Å². The fraction of sp³-hybridized carbons (Fsp3) is 0.667. The van der Waals surface area contributed by atoms with Gasteiger partial charge in [-0.05, 0) is 57.6 Å². The highest BCUT2D eigenvalue weighted by atomic mass is 15.2. The van der Waals surface area contributed by atoms with E-state index in [1.807, 2.05) is 0 Å². The van der Waals surface area contributed by atoms with Crippen LogP contribution in [0.4, 0.5) is 5.69 Å². The fourth-order valence-corrected chi connectivity index (χ4v) is 3.13. The highest BCUT2D eigenvalue weighted by molar-refractivity contribution is 5.49. The van der Waals surface area contributed by atoms with Gasteiger partial charge >= 0.3 is 0 Å². The monoisotopic (exact) mass is 289 g/mol. The summed E-state index contributed by atoms with van der Waals surface area (Å²) >= 11 is 0. The van der Waals surface area contributed by atoms with E-state index in [-0.39, 0.29) is 0 Å². The van der Waals surface area contributed by atoms with E-state index in [2.05, 4.69) is 67.3 Å². The summed E-state index contributed by atoms with van der Waals surface area (Å²) in [5, 5.41) is 3.63. The van der Waals surface area contributed by atoms with Crippen LogP contribution in [0.3, 0.4) is 0 Å². The van der Waals surface area contributed by atoms with Gasteiger partial charge in [0.05, 0.1) is 0 Å². The van der Waals surface area contributed by atoms with Gasteiger partial charge < -0.3 is 15.1 Å². The minimum atomic E-state index is 0.493. The molecule has 0 radical (unpaired) electrons. The van der Waals surface area contributed by atoms with Crippen LogP contribution in [0, 0.1) is 0 Å². The Morgan fingerprint density at radius 1 is 1.24 bits per heavy atom. The third-order valence-electron chi connectivity index (χ3n) is 4.60. The minimum absolute atomic E-state index is 0.493. The van der Waals surface area contributed by atoms with Crippen molar-refractivity contribution in [2.24, 2.45) is 0 Å². The van der Waals surface area contributed by atoms with Crippen LogP contribution in [-0.2, 0) is 0 Å². The zero-order valence-electron chi connectivity index (χ0n) is 14.1. The number of anilines is 1. The zero-order valence-corrected chi connectivity index (χ0v) is 14.1. The number of hydrogen-bond acceptors (Lipinski definition) is 3. The van der Waals surface area contributed by atoms with E-state index in [0.717, 1.165) is 19.5 Å². The number of nitrogens with one attached hydrogen (secondary N) is 1. The number of hydrogen-bond donors (Lipinski definition) is 1. The van der Waals surface area contributed by atoms with Crippen molar-refractivity contribution in [2.75, 3.05) is 38.6 Å². The van der Waals surface area contributed by atoms with E-state index in [4.69, 9.17) is 0 Å². The second-order valence-corrected chi connectivity index (χ2v) is 6.36. The maximum absolute atomic E-state index is 3.63. The first-order chi connectivity index (χ1) is 10.2. The molecule has 2 atom stereocenters. The van der Waals surface area contributed by atoms with Gasteiger partial charge in [0.1, 0.15) is 0 Å². The van der Waals surface area contributed by atoms with Crippen molar-refractivity contribution < 1.29 is 0 Å². The average Bonchev–Trinajstić information content (AvgIpc) is 2.99. The number of benzene rings is 1. The molecule has 2 rings (SSSR count). The van der Waals surface area contributed by atoms with Gasteiger partial charge in [-0.3, -0.25) is 0 Å². The van der Waals surface area contributed by atoms with Gasteiger partial charge in [0, 0.05) is 30.9 Å². The Bertz CT molecular complexity index is 413. The molecule has 1 aliphatic heterocycles. The summed E-state index contributed by atoms with van der Waals surface area (Å²) in [5.74, 6) is 0. The molecule has 1 aliphatic rings. The third-order valence-corrected chi connectivity index (χ3v) is 4.60. The standard InChI is InChI=1S/C18H31N3/c1-5-12-19-18(6-2)15-7-9-16(10-8-15)21-13-11-17(14-21)20(3)4/h7-10,17-19H,5-6,11-14H2,1-4H3. The Morgan fingerprint density at radius 3 is 2.48 bits per heavy atom. The summed E-state index contributed by atoms with van der Waals surface area (Å²) in [4.78, 5) is 4.85. The first-order valence-electron chi connectivity index (χ1n) is 8.40. The van der Waals surface area contributed by atoms with Crippen molar-refractivity contribution in [3.8, 4) is 0 Å². The highest BCUT2D eigenvalue weighted by Gasteiger charge is 2.24. The van der Waals surface area contributed by atoms with Crippen LogP contribution >= 0.6 is 0 Å². The normalized spacial score (nSPS) is 20.2. The molecule has 1 aromatic rings. The Balaban J connectivity index is 1.98. The molecule has 0 bridgehead atoms. The van der Waals surface area contributed by atoms with Gasteiger partial charge in [-0.2, -0.15) is 0 Å². The molecular weight excluding hydrogens is 258 g/mol. The maximum Gasteiger partial charge on any atom is 0.0366 e. The van der Waals surface area contributed by atoms with Crippen molar-refractivity contribution in [2.45, 2.75) is 45.2 Å². The highest BCUT2D eigenvalue weighted by Crippen LogP contribution is 2.25. The lowest BCUT2D eigenvalue weighted by molar-refractivity contribution is 0.315. The quantitative estimate of drug-likeness (QED) is 0.831. The van der Waals surface area contributed by atoms with Crippen molar-refractivity contribution in [1.82, 2.24) is 10.2 Å². The summed E-state index contributed by atoms with van der Waals surface area (Å²) < 4.78 is 0. The third kappa shape index (κ3) is 4.21. The Hall–Kier alpha value is -1.06. The number of rotatable bonds is 7. The van der Waals surface area contributed by atoms with Crippen LogP contribution in [0.2, 0.25) is 0 Å². The molecule has 21 heavy (non-hydrogen) atoms. The van der Waals surface area contributed by atoms with Gasteiger partial charge in [-0.1, -0.05) is 26.0 Å². The van der Waals surface area contributed by atoms with E-state index in [1.54, 1.807) is 0 Å². The molecule has 3 heteroatoms. The van der Waals surface area contributed by atoms with E-state index < -0.39 is 0 Å². The van der Waals surface area contributed by atoms with Crippen LogP contribution in [-0.4, -0.2) is 44.7 Å². The van der Waals surface area contributed by atoms with Crippen molar-refractivity contribution in [3.63, 3.8) is 0 Å². The molecule has 1 saturated heterocycles. The lowest BCUT2D eigenvalue weighted by Gasteiger charge is -2.23. The van der Waals surface area contributed by atoms with Gasteiger partial charge in [0.2, 0.25) is 0 Å². The van der Waals surface area contributed by atoms with Gasteiger partial charge in [0.25, 0.3) is 0 Å². The SMILES string of the molecule is CCCNC(CC)c1ccc(N2CCC(N(C)C)C2)cc1. The van der Waals surface area contributed by atoms with Gasteiger partial charge in [-0.15, -0.1) is 0 Å². The van der Waals surface area contributed by atoms with E-state index in [1.165, 1.54) is 30.6 Å². The lowest BCUT2D eigenvalue weighted by atomic mass is 10.0. The molecule has 1 heterocycles. The smallest absolute Gasteiger partial charge is 0.0366 e. The Morgan fingerprint density at radius 2 is 1.95 bits per heavy atom. The first kappa shape index (κ1) is 16.3. The van der Waals surface area contributed by atoms with Crippen molar-refractivity contribution in [3.05, 3.63) is 29.8 Å². The van der Waals surface area contributed by atoms with Crippen LogP contribution < -0.4 is 10.2 Å². The molecule has 0 spiro atoms. The summed E-state index contributed by atoms with van der Waals surface area (Å²) in [7, 11) is 4.37. The molecule has 3 nitrogen and oxygen atoms in total. The fourth-order valence-electron chi connectivity index (χ4n) is 3.13. The van der Waals surface area contributed by atoms with Crippen LogP contribution in [0.25, 0.3) is 0 Å². The Labute approximate surface area is 130 Å². The van der Waals surface area contributed by atoms with Gasteiger partial charge in [-0.25, -0.2) is 0 Å². The van der Waals surface area contributed by atoms with Crippen LogP contribution in [0.15, 0.2) is 24.3 Å². The van der Waals surface area contributed by atoms with Crippen molar-refractivity contribution in [1.29, 1.82) is 0 Å². The predicted octanol–water partition coefficient (Wildman–Crippen LogP) is 3.28. The van der Waals surface area contributed by atoms with Crippen LogP contribution in [0.5, 0.6) is 0 Å². The molecule has 1 fully saturated rings. The molecule has 0 amide bonds. The molecule has 1 N–H and O–H groups in total. The first-order valence-corrected chi connectivity index (χ1v) is 8.40. The molecule has 0 aliphatic carbocycles. The second-order valence-electron chi connectivity index (χ2n) is 6.36. The predicted molar refractivity (Wildman–Crippen MR) is 92.1 cm³/mol. The Kier molecular flexibility index (Phi) is 6.07. The molecule has 0 aromatic heterocycles. The van der Waals surface area contributed by atoms with Gasteiger partial charge in [0.15, 0.2) is 0 Å². The molecular formula is C18H31N3. The summed E-state index contributed by atoms with van der Waals surface area (Å²) in [6.07, 6.45) is 3.60. The van der Waals surface area contributed by atoms with E-state index in [9.17, 15) is 0 Å². The largest absolute Gasteiger partial charge is 0.370 e. The lowest BCUT2D eigenvalue weighted by Crippen LogP contribution is -2.31. The minimum Gasteiger partial charge on any atom is -0.370 e. The van der Waals surface area contributed by atoms with E-state index in [0.29, 0.717) is 12.1 Å². The molecule has 0 saturated carbocycles. The summed E-state index contributed by atoms with van der Waals surface area (Å²) in [5.41, 5.74) is 2.78.